The van der Waals surface area contributed by atoms with E-state index in [2.05, 4.69) is 15.8 Å². The number of nitrogens with one attached hydrogen (secondary N) is 2. The van der Waals surface area contributed by atoms with Crippen molar-refractivity contribution in [2.24, 2.45) is 5.92 Å². The number of aryl methyl sites for hydroxylation is 3. The summed E-state index contributed by atoms with van der Waals surface area (Å²) in [5.74, 6) is 0.352. The molecule has 3 N–H and O–H groups in total. The number of aliphatic hydroxyl groups excluding tert-OH is 1. The van der Waals surface area contributed by atoms with Crippen molar-refractivity contribution in [1.82, 2.24) is 14.4 Å². The number of carbonyl (C=O) groups excluding carboxylic acids is 2. The van der Waals surface area contributed by atoms with Crippen LogP contribution in [-0.4, -0.2) is 78.7 Å². The van der Waals surface area contributed by atoms with E-state index < -0.39 is 28.2 Å². The number of rotatable bonds is 8. The van der Waals surface area contributed by atoms with E-state index in [4.69, 9.17) is 9.26 Å². The number of benzene rings is 2. The standard InChI is InChI=1S/C30H39N5O7S/c1-18-7-10-25(11-8-18)43(39,40)34(6)16-27-19(2)15-35(20(3)17-36)28(37)14-23-13-24(9-12-26(23)41-27)31-30(38)32-29-21(4)33-42-22(29)5/h7-13,19-20,27,36H,14-17H2,1-6H3,(H2,31,32,38)/t19-,20+,27-/m1/s1. The summed E-state index contributed by atoms with van der Waals surface area (Å²) < 4.78 is 39.6. The number of nitrogens with zero attached hydrogens (tertiary/aromatic N) is 3. The number of carbonyl (C=O) groups is 2. The molecule has 0 bridgehead atoms. The zero-order chi connectivity index (χ0) is 31.5. The number of hydrogen-bond donors (Lipinski definition) is 3. The van der Waals surface area contributed by atoms with Crippen LogP contribution in [0.15, 0.2) is 51.9 Å². The summed E-state index contributed by atoms with van der Waals surface area (Å²) in [6.07, 6.45) is -0.678. The van der Waals surface area contributed by atoms with Crippen LogP contribution in [0.5, 0.6) is 5.75 Å². The first-order chi connectivity index (χ1) is 20.3. The van der Waals surface area contributed by atoms with Crippen molar-refractivity contribution in [3.05, 3.63) is 65.0 Å². The third kappa shape index (κ3) is 7.35. The third-order valence-electron chi connectivity index (χ3n) is 7.61. The molecule has 0 aliphatic carbocycles. The van der Waals surface area contributed by atoms with Gasteiger partial charge in [-0.05, 0) is 58.0 Å². The van der Waals surface area contributed by atoms with Crippen molar-refractivity contribution in [2.45, 2.75) is 58.1 Å². The lowest BCUT2D eigenvalue weighted by Crippen LogP contribution is -2.48. The maximum atomic E-state index is 13.5. The molecular weight excluding hydrogens is 574 g/mol. The molecule has 12 nitrogen and oxygen atoms in total. The first-order valence-corrected chi connectivity index (χ1v) is 15.5. The highest BCUT2D eigenvalue weighted by Crippen LogP contribution is 2.30. The molecule has 0 fully saturated rings. The molecule has 0 saturated carbocycles. The van der Waals surface area contributed by atoms with Crippen LogP contribution in [0.25, 0.3) is 0 Å². The first-order valence-electron chi connectivity index (χ1n) is 14.0. The minimum atomic E-state index is -3.81. The lowest BCUT2D eigenvalue weighted by atomic mass is 10.0. The Bertz CT molecular complexity index is 1550. The second kappa shape index (κ2) is 13.1. The van der Waals surface area contributed by atoms with Gasteiger partial charge >= 0.3 is 6.03 Å². The Morgan fingerprint density at radius 3 is 2.49 bits per heavy atom. The van der Waals surface area contributed by atoms with E-state index in [9.17, 15) is 23.1 Å². The molecule has 0 spiro atoms. The molecule has 1 aromatic heterocycles. The average Bonchev–Trinajstić information content (AvgIpc) is 3.29. The topological polar surface area (TPSA) is 154 Å². The van der Waals surface area contributed by atoms with E-state index in [0.29, 0.717) is 34.1 Å². The highest BCUT2D eigenvalue weighted by Gasteiger charge is 2.33. The average molecular weight is 614 g/mol. The lowest BCUT2D eigenvalue weighted by Gasteiger charge is -2.33. The molecule has 2 aromatic carbocycles. The number of ether oxygens (including phenoxy) is 1. The Hall–Kier alpha value is -3.94. The molecule has 0 unspecified atom stereocenters. The second-order valence-electron chi connectivity index (χ2n) is 11.1. The molecule has 2 heterocycles. The Labute approximate surface area is 252 Å². The summed E-state index contributed by atoms with van der Waals surface area (Å²) in [4.78, 5) is 28.0. The van der Waals surface area contributed by atoms with E-state index in [1.807, 2.05) is 13.8 Å². The fourth-order valence-corrected chi connectivity index (χ4v) is 6.09. The van der Waals surface area contributed by atoms with Crippen LogP contribution < -0.4 is 15.4 Å². The summed E-state index contributed by atoms with van der Waals surface area (Å²) in [6, 6.07) is 10.6. The molecule has 0 radical (unpaired) electrons. The van der Waals surface area contributed by atoms with Gasteiger partial charge in [-0.3, -0.25) is 4.79 Å². The molecule has 0 saturated heterocycles. The number of amides is 3. The van der Waals surface area contributed by atoms with Crippen molar-refractivity contribution < 1.29 is 32.4 Å². The molecule has 1 aliphatic heterocycles. The van der Waals surface area contributed by atoms with Crippen molar-refractivity contribution in [3.8, 4) is 5.75 Å². The summed E-state index contributed by atoms with van der Waals surface area (Å²) in [6.45, 7) is 8.97. The fourth-order valence-electron chi connectivity index (χ4n) is 4.90. The zero-order valence-corrected chi connectivity index (χ0v) is 26.1. The van der Waals surface area contributed by atoms with Gasteiger partial charge in [0.05, 0.1) is 30.5 Å². The lowest BCUT2D eigenvalue weighted by molar-refractivity contribution is -0.134. The van der Waals surface area contributed by atoms with E-state index in [0.717, 1.165) is 5.56 Å². The first kappa shape index (κ1) is 32.0. The number of sulfonamides is 1. The van der Waals surface area contributed by atoms with Gasteiger partial charge in [0.25, 0.3) is 0 Å². The zero-order valence-electron chi connectivity index (χ0n) is 25.2. The van der Waals surface area contributed by atoms with Crippen LogP contribution >= 0.6 is 0 Å². The largest absolute Gasteiger partial charge is 0.488 e. The molecule has 3 amide bonds. The van der Waals surface area contributed by atoms with Gasteiger partial charge in [-0.15, -0.1) is 0 Å². The molecule has 3 aromatic rings. The molecule has 4 rings (SSSR count). The van der Waals surface area contributed by atoms with Gasteiger partial charge in [-0.1, -0.05) is 29.8 Å². The number of likely N-dealkylation sites (N-methyl/N-ethyl adjacent to an activating group) is 1. The second-order valence-corrected chi connectivity index (χ2v) is 13.1. The van der Waals surface area contributed by atoms with E-state index >= 15 is 0 Å². The number of urea groups is 1. The van der Waals surface area contributed by atoms with Crippen molar-refractivity contribution in [2.75, 3.05) is 37.4 Å². The van der Waals surface area contributed by atoms with Crippen LogP contribution in [0, 0.1) is 26.7 Å². The maximum absolute atomic E-state index is 13.5. The Balaban J connectivity index is 1.62. The van der Waals surface area contributed by atoms with Crippen molar-refractivity contribution in [3.63, 3.8) is 0 Å². The number of aromatic nitrogens is 1. The predicted octanol–water partition coefficient (Wildman–Crippen LogP) is 3.71. The number of fused-ring (bicyclic) bond motifs is 1. The molecule has 13 heteroatoms. The number of anilines is 2. The predicted molar refractivity (Wildman–Crippen MR) is 162 cm³/mol. The maximum Gasteiger partial charge on any atom is 0.323 e. The van der Waals surface area contributed by atoms with Crippen LogP contribution in [0.3, 0.4) is 0 Å². The summed E-state index contributed by atoms with van der Waals surface area (Å²) in [7, 11) is -2.31. The van der Waals surface area contributed by atoms with Crippen molar-refractivity contribution in [1.29, 1.82) is 0 Å². The third-order valence-corrected chi connectivity index (χ3v) is 9.45. The highest BCUT2D eigenvalue weighted by molar-refractivity contribution is 7.89. The van der Waals surface area contributed by atoms with Gasteiger partial charge in [-0.25, -0.2) is 13.2 Å². The Morgan fingerprint density at radius 1 is 1.16 bits per heavy atom. The van der Waals surface area contributed by atoms with Crippen LogP contribution in [0.2, 0.25) is 0 Å². The van der Waals surface area contributed by atoms with Crippen molar-refractivity contribution >= 4 is 33.3 Å². The quantitative estimate of drug-likeness (QED) is 0.347. The molecule has 3 atom stereocenters. The fraction of sp³-hybridized carbons (Fsp3) is 0.433. The van der Waals surface area contributed by atoms with Gasteiger partial charge in [0.2, 0.25) is 15.9 Å². The van der Waals surface area contributed by atoms with Gasteiger partial charge in [-0.2, -0.15) is 4.31 Å². The van der Waals surface area contributed by atoms with E-state index in [1.165, 1.54) is 11.4 Å². The van der Waals surface area contributed by atoms with E-state index in [1.54, 1.807) is 68.1 Å². The molecular formula is C30H39N5O7S. The SMILES string of the molecule is Cc1ccc(S(=O)(=O)N(C)C[C@H]2Oc3ccc(NC(=O)Nc4c(C)noc4C)cc3CC(=O)N([C@@H](C)CO)C[C@H]2C)cc1. The molecule has 1 aliphatic rings. The smallest absolute Gasteiger partial charge is 0.323 e. The molecule has 232 valence electrons. The normalized spacial score (nSPS) is 18.2. The van der Waals surface area contributed by atoms with Gasteiger partial charge in [0.15, 0.2) is 5.76 Å². The van der Waals surface area contributed by atoms with E-state index in [-0.39, 0.29) is 42.8 Å². The summed E-state index contributed by atoms with van der Waals surface area (Å²) >= 11 is 0. The summed E-state index contributed by atoms with van der Waals surface area (Å²) in [5.41, 5.74) is 2.88. The van der Waals surface area contributed by atoms with Crippen LogP contribution in [-0.2, 0) is 21.2 Å². The van der Waals surface area contributed by atoms with Gasteiger partial charge < -0.3 is 29.9 Å². The highest BCUT2D eigenvalue weighted by atomic mass is 32.2. The van der Waals surface area contributed by atoms with Gasteiger partial charge in [0, 0.05) is 30.8 Å². The van der Waals surface area contributed by atoms with Crippen LogP contribution in [0.1, 0.15) is 36.4 Å². The monoisotopic (exact) mass is 613 g/mol. The Kier molecular flexibility index (Phi) is 9.78. The number of hydrogen-bond acceptors (Lipinski definition) is 8. The number of aliphatic hydroxyl groups is 1. The summed E-state index contributed by atoms with van der Waals surface area (Å²) in [5, 5.41) is 19.2. The minimum absolute atomic E-state index is 0.0200. The molecule has 43 heavy (non-hydrogen) atoms. The van der Waals surface area contributed by atoms with Crippen LogP contribution in [0.4, 0.5) is 16.2 Å². The minimum Gasteiger partial charge on any atom is -0.488 e. The van der Waals surface area contributed by atoms with Gasteiger partial charge in [0.1, 0.15) is 23.2 Å². The Morgan fingerprint density at radius 2 is 1.86 bits per heavy atom.